The van der Waals surface area contributed by atoms with Gasteiger partial charge in [0.2, 0.25) is 0 Å². The highest BCUT2D eigenvalue weighted by molar-refractivity contribution is 6.30. The molecule has 2 rings (SSSR count). The van der Waals surface area contributed by atoms with Crippen molar-refractivity contribution in [3.63, 3.8) is 0 Å². The molecule has 0 aromatic heterocycles. The van der Waals surface area contributed by atoms with Crippen molar-refractivity contribution in [1.82, 2.24) is 0 Å². The Kier molecular flexibility index (Phi) is 4.74. The molecule has 0 heterocycles. The van der Waals surface area contributed by atoms with Crippen molar-refractivity contribution >= 4 is 35.2 Å². The van der Waals surface area contributed by atoms with E-state index in [9.17, 15) is 9.59 Å². The number of aliphatic carboxylic acids is 1. The number of anilines is 1. The van der Waals surface area contributed by atoms with Crippen LogP contribution in [0.2, 0.25) is 5.02 Å². The molecule has 2 aromatic rings. The van der Waals surface area contributed by atoms with Crippen LogP contribution < -0.4 is 5.32 Å². The molecule has 5 heteroatoms. The zero-order valence-electron chi connectivity index (χ0n) is 10.9. The number of hydrogen-bond acceptors (Lipinski definition) is 2. The Morgan fingerprint density at radius 1 is 1.10 bits per heavy atom. The van der Waals surface area contributed by atoms with E-state index in [0.29, 0.717) is 21.8 Å². The summed E-state index contributed by atoms with van der Waals surface area (Å²) in [5, 5.41) is 11.9. The van der Waals surface area contributed by atoms with Crippen molar-refractivity contribution in [2.24, 2.45) is 0 Å². The Morgan fingerprint density at radius 2 is 1.81 bits per heavy atom. The van der Waals surface area contributed by atoms with Crippen molar-refractivity contribution in [2.75, 3.05) is 5.32 Å². The van der Waals surface area contributed by atoms with Crippen LogP contribution >= 0.6 is 11.6 Å². The van der Waals surface area contributed by atoms with Crippen molar-refractivity contribution < 1.29 is 14.7 Å². The summed E-state index contributed by atoms with van der Waals surface area (Å²) in [5.41, 5.74) is 1.72. The minimum Gasteiger partial charge on any atom is -0.478 e. The molecule has 0 aliphatic rings. The van der Waals surface area contributed by atoms with E-state index in [4.69, 9.17) is 16.7 Å². The summed E-state index contributed by atoms with van der Waals surface area (Å²) in [6.45, 7) is 0. The molecule has 0 fully saturated rings. The summed E-state index contributed by atoms with van der Waals surface area (Å²) in [6, 6.07) is 13.5. The number of carbonyl (C=O) groups is 2. The molecule has 2 aromatic carbocycles. The Bertz CT molecular complexity index is 693. The summed E-state index contributed by atoms with van der Waals surface area (Å²) in [5.74, 6) is -1.31. The minimum atomic E-state index is -1.04. The average molecular weight is 302 g/mol. The van der Waals surface area contributed by atoms with Crippen LogP contribution in [-0.2, 0) is 4.79 Å². The van der Waals surface area contributed by atoms with Crippen molar-refractivity contribution in [3.05, 3.63) is 70.8 Å². The maximum atomic E-state index is 12.1. The predicted molar refractivity (Wildman–Crippen MR) is 82.5 cm³/mol. The van der Waals surface area contributed by atoms with Gasteiger partial charge in [0.25, 0.3) is 5.91 Å². The summed E-state index contributed by atoms with van der Waals surface area (Å²) >= 11 is 5.78. The van der Waals surface area contributed by atoms with Crippen LogP contribution in [0.1, 0.15) is 15.9 Å². The molecule has 0 atom stereocenters. The fraction of sp³-hybridized carbons (Fsp3) is 0. The Hall–Kier alpha value is -2.59. The SMILES string of the molecule is O=C(O)C=Cc1cccc(C(=O)Nc2ccc(Cl)cc2)c1. The Labute approximate surface area is 126 Å². The predicted octanol–water partition coefficient (Wildman–Crippen LogP) is 3.69. The van der Waals surface area contributed by atoms with E-state index >= 15 is 0 Å². The van der Waals surface area contributed by atoms with Gasteiger partial charge in [-0.1, -0.05) is 23.7 Å². The van der Waals surface area contributed by atoms with E-state index in [1.807, 2.05) is 0 Å². The second-order valence-electron chi connectivity index (χ2n) is 4.26. The van der Waals surface area contributed by atoms with Crippen molar-refractivity contribution in [1.29, 1.82) is 0 Å². The fourth-order valence-electron chi connectivity index (χ4n) is 1.69. The maximum absolute atomic E-state index is 12.1. The molecule has 0 bridgehead atoms. The number of carboxylic acids is 1. The van der Waals surface area contributed by atoms with Gasteiger partial charge in [-0.15, -0.1) is 0 Å². The molecule has 0 saturated heterocycles. The molecule has 106 valence electrons. The number of halogens is 1. The molecule has 1 amide bonds. The van der Waals surface area contributed by atoms with E-state index in [1.165, 1.54) is 6.08 Å². The zero-order chi connectivity index (χ0) is 15.2. The number of hydrogen-bond donors (Lipinski definition) is 2. The molecule has 2 N–H and O–H groups in total. The third-order valence-corrected chi connectivity index (χ3v) is 2.92. The smallest absolute Gasteiger partial charge is 0.328 e. The van der Waals surface area contributed by atoms with Crippen LogP contribution in [0.5, 0.6) is 0 Å². The lowest BCUT2D eigenvalue weighted by Gasteiger charge is -2.06. The number of amides is 1. The summed E-state index contributed by atoms with van der Waals surface area (Å²) in [6.07, 6.45) is 2.46. The van der Waals surface area contributed by atoms with Gasteiger partial charge in [-0.25, -0.2) is 4.79 Å². The third-order valence-electron chi connectivity index (χ3n) is 2.67. The van der Waals surface area contributed by atoms with Crippen LogP contribution in [0.3, 0.4) is 0 Å². The van der Waals surface area contributed by atoms with Gasteiger partial charge in [-0.3, -0.25) is 4.79 Å². The number of carbonyl (C=O) groups excluding carboxylic acids is 1. The first-order valence-electron chi connectivity index (χ1n) is 6.12. The quantitative estimate of drug-likeness (QED) is 0.846. The highest BCUT2D eigenvalue weighted by Crippen LogP contribution is 2.15. The average Bonchev–Trinajstić information content (AvgIpc) is 2.48. The van der Waals surface area contributed by atoms with Crippen molar-refractivity contribution in [3.8, 4) is 0 Å². The first-order chi connectivity index (χ1) is 10.0. The molecular weight excluding hydrogens is 290 g/mol. The molecule has 0 saturated carbocycles. The third kappa shape index (κ3) is 4.47. The number of nitrogens with one attached hydrogen (secondary N) is 1. The molecular formula is C16H12ClNO3. The van der Waals surface area contributed by atoms with Gasteiger partial charge in [0, 0.05) is 22.3 Å². The van der Waals surface area contributed by atoms with Gasteiger partial charge in [0.15, 0.2) is 0 Å². The fourth-order valence-corrected chi connectivity index (χ4v) is 1.81. The summed E-state index contributed by atoms with van der Waals surface area (Å²) in [4.78, 5) is 22.6. The zero-order valence-corrected chi connectivity index (χ0v) is 11.7. The number of carboxylic acid groups (broad SMARTS) is 1. The first-order valence-corrected chi connectivity index (χ1v) is 6.50. The number of rotatable bonds is 4. The topological polar surface area (TPSA) is 66.4 Å². The second-order valence-corrected chi connectivity index (χ2v) is 4.69. The largest absolute Gasteiger partial charge is 0.478 e. The van der Waals surface area contributed by atoms with Gasteiger partial charge in [-0.2, -0.15) is 0 Å². The Balaban J connectivity index is 2.14. The second kappa shape index (κ2) is 6.72. The van der Waals surface area contributed by atoms with Gasteiger partial charge in [0.05, 0.1) is 0 Å². The van der Waals surface area contributed by atoms with E-state index in [1.54, 1.807) is 48.5 Å². The van der Waals surface area contributed by atoms with E-state index in [0.717, 1.165) is 6.08 Å². The highest BCUT2D eigenvalue weighted by Gasteiger charge is 2.06. The molecule has 0 spiro atoms. The van der Waals surface area contributed by atoms with Crippen LogP contribution in [0.15, 0.2) is 54.6 Å². The molecule has 0 radical (unpaired) electrons. The van der Waals surface area contributed by atoms with Gasteiger partial charge in [0.1, 0.15) is 0 Å². The van der Waals surface area contributed by atoms with Crippen LogP contribution in [0, 0.1) is 0 Å². The van der Waals surface area contributed by atoms with Crippen LogP contribution in [0.4, 0.5) is 5.69 Å². The molecule has 4 nitrogen and oxygen atoms in total. The van der Waals surface area contributed by atoms with Crippen molar-refractivity contribution in [2.45, 2.75) is 0 Å². The van der Waals surface area contributed by atoms with E-state index < -0.39 is 5.97 Å². The monoisotopic (exact) mass is 301 g/mol. The molecule has 0 aliphatic carbocycles. The first kappa shape index (κ1) is 14.8. The van der Waals surface area contributed by atoms with Gasteiger partial charge < -0.3 is 10.4 Å². The highest BCUT2D eigenvalue weighted by atomic mass is 35.5. The lowest BCUT2D eigenvalue weighted by atomic mass is 10.1. The lowest BCUT2D eigenvalue weighted by Crippen LogP contribution is -2.11. The minimum absolute atomic E-state index is 0.275. The van der Waals surface area contributed by atoms with Crippen LogP contribution in [-0.4, -0.2) is 17.0 Å². The van der Waals surface area contributed by atoms with Crippen LogP contribution in [0.25, 0.3) is 6.08 Å². The summed E-state index contributed by atoms with van der Waals surface area (Å²) < 4.78 is 0. The standard InChI is InChI=1S/C16H12ClNO3/c17-13-5-7-14(8-6-13)18-16(21)12-3-1-2-11(10-12)4-9-15(19)20/h1-10H,(H,18,21)(H,19,20). The maximum Gasteiger partial charge on any atom is 0.328 e. The number of benzene rings is 2. The normalized spacial score (nSPS) is 10.5. The summed E-state index contributed by atoms with van der Waals surface area (Å²) in [7, 11) is 0. The van der Waals surface area contributed by atoms with E-state index in [-0.39, 0.29) is 5.91 Å². The van der Waals surface area contributed by atoms with Gasteiger partial charge >= 0.3 is 5.97 Å². The molecule has 21 heavy (non-hydrogen) atoms. The lowest BCUT2D eigenvalue weighted by molar-refractivity contribution is -0.131. The Morgan fingerprint density at radius 3 is 2.48 bits per heavy atom. The van der Waals surface area contributed by atoms with Gasteiger partial charge in [-0.05, 0) is 48.0 Å². The molecule has 0 unspecified atom stereocenters. The molecule has 0 aliphatic heterocycles. The van der Waals surface area contributed by atoms with E-state index in [2.05, 4.69) is 5.32 Å².